The standard InChI is InChI=1S/C19H18N6O/c20-12-15-2-4-16(5-3-15)19(26)23-9-6-18-21-13-17(25(18)11-10-23)14-24-8-1-7-22-24/h1-5,7-8,13H,6,9-11,14H2. The van der Waals surface area contributed by atoms with E-state index in [1.807, 2.05) is 28.0 Å². The molecule has 0 atom stereocenters. The van der Waals surface area contributed by atoms with E-state index < -0.39 is 0 Å². The first kappa shape index (κ1) is 16.1. The molecule has 0 N–H and O–H groups in total. The van der Waals surface area contributed by atoms with Crippen LogP contribution >= 0.6 is 0 Å². The highest BCUT2D eigenvalue weighted by Crippen LogP contribution is 2.15. The lowest BCUT2D eigenvalue weighted by atomic mass is 10.1. The summed E-state index contributed by atoms with van der Waals surface area (Å²) in [6.07, 6.45) is 6.31. The maximum Gasteiger partial charge on any atom is 0.253 e. The molecule has 1 aliphatic heterocycles. The van der Waals surface area contributed by atoms with Crippen LogP contribution in [0.3, 0.4) is 0 Å². The molecule has 3 heterocycles. The van der Waals surface area contributed by atoms with Crippen LogP contribution in [0, 0.1) is 11.3 Å². The summed E-state index contributed by atoms with van der Waals surface area (Å²) in [7, 11) is 0. The van der Waals surface area contributed by atoms with Crippen LogP contribution in [-0.4, -0.2) is 43.2 Å². The topological polar surface area (TPSA) is 79.7 Å². The molecule has 0 radical (unpaired) electrons. The van der Waals surface area contributed by atoms with Crippen molar-refractivity contribution in [2.45, 2.75) is 19.5 Å². The van der Waals surface area contributed by atoms with E-state index in [0.29, 0.717) is 37.3 Å². The van der Waals surface area contributed by atoms with Crippen LogP contribution in [0.4, 0.5) is 0 Å². The number of hydrogen-bond donors (Lipinski definition) is 0. The fourth-order valence-electron chi connectivity index (χ4n) is 3.25. The van der Waals surface area contributed by atoms with Crippen molar-refractivity contribution in [2.24, 2.45) is 0 Å². The molecule has 1 aromatic carbocycles. The molecule has 1 amide bonds. The average molecular weight is 346 g/mol. The van der Waals surface area contributed by atoms with Crippen molar-refractivity contribution in [3.05, 3.63) is 71.6 Å². The molecule has 0 unspecified atom stereocenters. The lowest BCUT2D eigenvalue weighted by molar-refractivity contribution is 0.0759. The molecule has 3 aromatic rings. The highest BCUT2D eigenvalue weighted by atomic mass is 16.2. The smallest absolute Gasteiger partial charge is 0.253 e. The molecule has 0 saturated heterocycles. The maximum atomic E-state index is 12.8. The van der Waals surface area contributed by atoms with E-state index in [0.717, 1.165) is 17.9 Å². The Kier molecular flexibility index (Phi) is 4.23. The zero-order valence-corrected chi connectivity index (χ0v) is 14.2. The summed E-state index contributed by atoms with van der Waals surface area (Å²) >= 11 is 0. The van der Waals surface area contributed by atoms with Crippen molar-refractivity contribution in [1.82, 2.24) is 24.2 Å². The van der Waals surface area contributed by atoms with Crippen LogP contribution in [0.15, 0.2) is 48.9 Å². The Hall–Kier alpha value is -3.40. The predicted octanol–water partition coefficient (Wildman–Crippen LogP) is 1.70. The Morgan fingerprint density at radius 2 is 2.04 bits per heavy atom. The molecule has 0 spiro atoms. The molecule has 26 heavy (non-hydrogen) atoms. The van der Waals surface area contributed by atoms with Gasteiger partial charge >= 0.3 is 0 Å². The first-order chi connectivity index (χ1) is 12.7. The summed E-state index contributed by atoms with van der Waals surface area (Å²) in [5, 5.41) is 13.1. The van der Waals surface area contributed by atoms with E-state index in [1.54, 1.807) is 30.5 Å². The quantitative estimate of drug-likeness (QED) is 0.723. The highest BCUT2D eigenvalue weighted by molar-refractivity contribution is 5.94. The van der Waals surface area contributed by atoms with Gasteiger partial charge in [0.15, 0.2) is 0 Å². The molecule has 2 aromatic heterocycles. The van der Waals surface area contributed by atoms with Crippen LogP contribution in [-0.2, 0) is 19.5 Å². The molecule has 0 saturated carbocycles. The second-order valence-corrected chi connectivity index (χ2v) is 6.25. The minimum atomic E-state index is -0.00568. The number of rotatable bonds is 3. The second-order valence-electron chi connectivity index (χ2n) is 6.25. The Labute approximate surface area is 151 Å². The summed E-state index contributed by atoms with van der Waals surface area (Å²) in [4.78, 5) is 19.2. The number of benzene rings is 1. The zero-order chi connectivity index (χ0) is 17.9. The Bertz CT molecular complexity index is 949. The van der Waals surface area contributed by atoms with Crippen molar-refractivity contribution in [3.8, 4) is 6.07 Å². The Morgan fingerprint density at radius 3 is 2.77 bits per heavy atom. The fraction of sp³-hybridized carbons (Fsp3) is 0.263. The van der Waals surface area contributed by atoms with Crippen molar-refractivity contribution in [2.75, 3.05) is 13.1 Å². The molecule has 130 valence electrons. The Balaban J connectivity index is 1.48. The van der Waals surface area contributed by atoms with E-state index in [-0.39, 0.29) is 5.91 Å². The van der Waals surface area contributed by atoms with Crippen molar-refractivity contribution < 1.29 is 4.79 Å². The molecule has 7 nitrogen and oxygen atoms in total. The molecule has 7 heteroatoms. The van der Waals surface area contributed by atoms with Crippen LogP contribution in [0.25, 0.3) is 0 Å². The van der Waals surface area contributed by atoms with Crippen molar-refractivity contribution in [1.29, 1.82) is 5.26 Å². The third-order valence-electron chi connectivity index (χ3n) is 4.65. The van der Waals surface area contributed by atoms with Crippen molar-refractivity contribution in [3.63, 3.8) is 0 Å². The van der Waals surface area contributed by atoms with Gasteiger partial charge in [0.25, 0.3) is 5.91 Å². The highest BCUT2D eigenvalue weighted by Gasteiger charge is 2.22. The molecule has 0 bridgehead atoms. The van der Waals surface area contributed by atoms with E-state index in [2.05, 4.69) is 20.7 Å². The minimum absolute atomic E-state index is 0.00568. The van der Waals surface area contributed by atoms with Gasteiger partial charge < -0.3 is 9.47 Å². The number of fused-ring (bicyclic) bond motifs is 1. The fourth-order valence-corrected chi connectivity index (χ4v) is 3.25. The summed E-state index contributed by atoms with van der Waals surface area (Å²) in [6, 6.07) is 10.8. The maximum absolute atomic E-state index is 12.8. The van der Waals surface area contributed by atoms with Crippen LogP contribution in [0.5, 0.6) is 0 Å². The van der Waals surface area contributed by atoms with Gasteiger partial charge in [-0.15, -0.1) is 0 Å². The zero-order valence-electron chi connectivity index (χ0n) is 14.2. The van der Waals surface area contributed by atoms with Gasteiger partial charge in [-0.25, -0.2) is 4.98 Å². The predicted molar refractivity (Wildman–Crippen MR) is 94.3 cm³/mol. The minimum Gasteiger partial charge on any atom is -0.336 e. The monoisotopic (exact) mass is 346 g/mol. The van der Waals surface area contributed by atoms with Crippen LogP contribution in [0.2, 0.25) is 0 Å². The van der Waals surface area contributed by atoms with Gasteiger partial charge in [0.2, 0.25) is 0 Å². The molecular formula is C19H18N6O. The van der Waals surface area contributed by atoms with E-state index >= 15 is 0 Å². The van der Waals surface area contributed by atoms with Gasteiger partial charge in [-0.1, -0.05) is 0 Å². The van der Waals surface area contributed by atoms with Gasteiger partial charge in [-0.05, 0) is 30.3 Å². The first-order valence-electron chi connectivity index (χ1n) is 8.55. The van der Waals surface area contributed by atoms with E-state index in [9.17, 15) is 4.79 Å². The van der Waals surface area contributed by atoms with Gasteiger partial charge in [0, 0.05) is 44.0 Å². The summed E-state index contributed by atoms with van der Waals surface area (Å²) in [6.45, 7) is 2.66. The number of amides is 1. The SMILES string of the molecule is N#Cc1ccc(C(=O)N2CCc3ncc(Cn4cccn4)n3CC2)cc1. The summed E-state index contributed by atoms with van der Waals surface area (Å²) < 4.78 is 4.06. The van der Waals surface area contributed by atoms with Gasteiger partial charge in [-0.2, -0.15) is 10.4 Å². The van der Waals surface area contributed by atoms with Gasteiger partial charge in [0.1, 0.15) is 5.82 Å². The number of nitriles is 1. The number of imidazole rings is 1. The normalized spacial score (nSPS) is 13.7. The van der Waals surface area contributed by atoms with Crippen molar-refractivity contribution >= 4 is 5.91 Å². The summed E-state index contributed by atoms with van der Waals surface area (Å²) in [5.41, 5.74) is 2.26. The Morgan fingerprint density at radius 1 is 1.19 bits per heavy atom. The van der Waals surface area contributed by atoms with E-state index in [4.69, 9.17) is 5.26 Å². The lowest BCUT2D eigenvalue weighted by Crippen LogP contribution is -2.33. The molecule has 0 fully saturated rings. The average Bonchev–Trinajstić information content (AvgIpc) is 3.27. The third kappa shape index (κ3) is 3.09. The largest absolute Gasteiger partial charge is 0.336 e. The van der Waals surface area contributed by atoms with Gasteiger partial charge in [-0.3, -0.25) is 9.48 Å². The number of nitrogens with zero attached hydrogens (tertiary/aromatic N) is 6. The number of carbonyl (C=O) groups excluding carboxylic acids is 1. The second kappa shape index (κ2) is 6.84. The van der Waals surface area contributed by atoms with Crippen LogP contribution < -0.4 is 0 Å². The number of hydrogen-bond acceptors (Lipinski definition) is 4. The summed E-state index contributed by atoms with van der Waals surface area (Å²) in [5.74, 6) is 0.996. The van der Waals surface area contributed by atoms with E-state index in [1.165, 1.54) is 0 Å². The lowest BCUT2D eigenvalue weighted by Gasteiger charge is -2.20. The third-order valence-corrected chi connectivity index (χ3v) is 4.65. The molecule has 0 aliphatic carbocycles. The molecule has 1 aliphatic rings. The molecule has 4 rings (SSSR count). The number of carbonyl (C=O) groups is 1. The first-order valence-corrected chi connectivity index (χ1v) is 8.55. The molecular weight excluding hydrogens is 328 g/mol. The van der Waals surface area contributed by atoms with Gasteiger partial charge in [0.05, 0.1) is 30.1 Å². The number of aromatic nitrogens is 4. The van der Waals surface area contributed by atoms with Crippen LogP contribution in [0.1, 0.15) is 27.4 Å².